The maximum absolute atomic E-state index is 5.57. The van der Waals surface area contributed by atoms with Crippen LogP contribution in [0.3, 0.4) is 0 Å². The molecule has 0 saturated heterocycles. The largest absolute Gasteiger partial charge is 0.492 e. The first kappa shape index (κ1) is 16.1. The number of hydrogen-bond acceptors (Lipinski definition) is 3. The molecular weight excluding hydrogens is 294 g/mol. The molecule has 116 valence electrons. The van der Waals surface area contributed by atoms with E-state index >= 15 is 0 Å². The van der Waals surface area contributed by atoms with Gasteiger partial charge in [0.2, 0.25) is 0 Å². The Balaban J connectivity index is 2.01. The van der Waals surface area contributed by atoms with E-state index in [-0.39, 0.29) is 0 Å². The van der Waals surface area contributed by atoms with Crippen molar-refractivity contribution >= 4 is 34.4 Å². The average molecular weight is 315 g/mol. The number of anilines is 3. The predicted molar refractivity (Wildman–Crippen MR) is 98.2 cm³/mol. The first-order valence-electron chi connectivity index (χ1n) is 7.17. The number of ether oxygens (including phenoxy) is 1. The van der Waals surface area contributed by atoms with Crippen molar-refractivity contribution in [3.05, 3.63) is 48.5 Å². The number of para-hydroxylation sites is 2. The lowest BCUT2D eigenvalue weighted by molar-refractivity contribution is 0.342. The van der Waals surface area contributed by atoms with Gasteiger partial charge in [-0.1, -0.05) is 12.1 Å². The Morgan fingerprint density at radius 1 is 1.05 bits per heavy atom. The van der Waals surface area contributed by atoms with Gasteiger partial charge in [-0.25, -0.2) is 0 Å². The molecule has 5 heteroatoms. The lowest BCUT2D eigenvalue weighted by Gasteiger charge is -2.15. The van der Waals surface area contributed by atoms with Crippen molar-refractivity contribution in [2.24, 2.45) is 0 Å². The highest BCUT2D eigenvalue weighted by Gasteiger charge is 2.05. The van der Waals surface area contributed by atoms with Gasteiger partial charge in [0.05, 0.1) is 12.3 Å². The van der Waals surface area contributed by atoms with Gasteiger partial charge in [0.1, 0.15) is 5.75 Å². The van der Waals surface area contributed by atoms with Gasteiger partial charge in [-0.15, -0.1) is 0 Å². The third-order valence-electron chi connectivity index (χ3n) is 3.08. The van der Waals surface area contributed by atoms with Gasteiger partial charge in [0, 0.05) is 25.5 Å². The fourth-order valence-corrected chi connectivity index (χ4v) is 2.21. The summed E-state index contributed by atoms with van der Waals surface area (Å²) in [5.41, 5.74) is 2.94. The third-order valence-corrected chi connectivity index (χ3v) is 3.28. The first-order valence-corrected chi connectivity index (χ1v) is 7.58. The molecule has 0 unspecified atom stereocenters. The van der Waals surface area contributed by atoms with E-state index < -0.39 is 0 Å². The second-order valence-corrected chi connectivity index (χ2v) is 5.36. The van der Waals surface area contributed by atoms with E-state index in [9.17, 15) is 0 Å². The molecular formula is C17H21N3OS. The molecule has 2 rings (SSSR count). The summed E-state index contributed by atoms with van der Waals surface area (Å²) in [5.74, 6) is 0.789. The number of hydrogen-bond donors (Lipinski definition) is 2. The third kappa shape index (κ3) is 4.36. The fourth-order valence-electron chi connectivity index (χ4n) is 1.98. The van der Waals surface area contributed by atoms with Crippen LogP contribution < -0.4 is 20.3 Å². The molecule has 22 heavy (non-hydrogen) atoms. The Labute approximate surface area is 137 Å². The zero-order valence-corrected chi connectivity index (χ0v) is 13.9. The van der Waals surface area contributed by atoms with Crippen molar-refractivity contribution in [2.75, 3.05) is 36.2 Å². The van der Waals surface area contributed by atoms with Crippen LogP contribution in [0.5, 0.6) is 5.75 Å². The topological polar surface area (TPSA) is 36.5 Å². The summed E-state index contributed by atoms with van der Waals surface area (Å²) in [6.45, 7) is 2.57. The van der Waals surface area contributed by atoms with Gasteiger partial charge in [-0.05, 0) is 55.5 Å². The van der Waals surface area contributed by atoms with Crippen LogP contribution in [-0.4, -0.2) is 25.8 Å². The number of nitrogens with zero attached hydrogens (tertiary/aromatic N) is 1. The molecule has 2 N–H and O–H groups in total. The number of thiocarbonyl (C=S) groups is 1. The summed E-state index contributed by atoms with van der Waals surface area (Å²) < 4.78 is 5.57. The van der Waals surface area contributed by atoms with Crippen LogP contribution >= 0.6 is 12.2 Å². The quantitative estimate of drug-likeness (QED) is 0.817. The summed E-state index contributed by atoms with van der Waals surface area (Å²) in [6, 6.07) is 15.8. The van der Waals surface area contributed by atoms with Gasteiger partial charge in [-0.3, -0.25) is 0 Å². The molecule has 0 amide bonds. The van der Waals surface area contributed by atoms with E-state index in [4.69, 9.17) is 17.0 Å². The van der Waals surface area contributed by atoms with Crippen molar-refractivity contribution < 1.29 is 4.74 Å². The normalized spacial score (nSPS) is 9.95. The molecule has 0 aliphatic carbocycles. The molecule has 0 aliphatic heterocycles. The van der Waals surface area contributed by atoms with E-state index in [1.165, 1.54) is 0 Å². The monoisotopic (exact) mass is 315 g/mol. The summed E-state index contributed by atoms with van der Waals surface area (Å²) in [5, 5.41) is 6.87. The maximum Gasteiger partial charge on any atom is 0.175 e. The fraction of sp³-hybridized carbons (Fsp3) is 0.235. The van der Waals surface area contributed by atoms with Crippen molar-refractivity contribution in [1.29, 1.82) is 0 Å². The minimum Gasteiger partial charge on any atom is -0.492 e. The second-order valence-electron chi connectivity index (χ2n) is 4.95. The van der Waals surface area contributed by atoms with Crippen LogP contribution in [0.2, 0.25) is 0 Å². The first-order chi connectivity index (χ1) is 10.6. The molecule has 0 saturated carbocycles. The molecule has 0 heterocycles. The van der Waals surface area contributed by atoms with E-state index in [1.54, 1.807) is 0 Å². The zero-order chi connectivity index (χ0) is 15.9. The van der Waals surface area contributed by atoms with Crippen LogP contribution in [0, 0.1) is 0 Å². The number of rotatable bonds is 5. The maximum atomic E-state index is 5.57. The Bertz CT molecular complexity index is 626. The molecule has 0 radical (unpaired) electrons. The highest BCUT2D eigenvalue weighted by atomic mass is 32.1. The molecule has 0 aromatic heterocycles. The van der Waals surface area contributed by atoms with Crippen molar-refractivity contribution in [2.45, 2.75) is 6.92 Å². The van der Waals surface area contributed by atoms with Crippen LogP contribution in [0.4, 0.5) is 17.1 Å². The molecule has 0 atom stereocenters. The standard InChI is InChI=1S/C17H21N3OS/c1-4-21-16-8-6-5-7-15(16)19-17(22)18-13-9-11-14(12-10-13)20(2)3/h5-12H,4H2,1-3H3,(H2,18,19,22). The molecule has 0 bridgehead atoms. The second kappa shape index (κ2) is 7.66. The highest BCUT2D eigenvalue weighted by molar-refractivity contribution is 7.80. The van der Waals surface area contributed by atoms with Crippen molar-refractivity contribution in [3.63, 3.8) is 0 Å². The molecule has 0 spiro atoms. The molecule has 0 aliphatic rings. The lowest BCUT2D eigenvalue weighted by Crippen LogP contribution is -2.19. The smallest absolute Gasteiger partial charge is 0.175 e. The predicted octanol–water partition coefficient (Wildman–Crippen LogP) is 3.96. The van der Waals surface area contributed by atoms with Gasteiger partial charge >= 0.3 is 0 Å². The van der Waals surface area contributed by atoms with Gasteiger partial charge in [0.25, 0.3) is 0 Å². The Morgan fingerprint density at radius 2 is 1.73 bits per heavy atom. The van der Waals surface area contributed by atoms with E-state index in [0.29, 0.717) is 11.7 Å². The van der Waals surface area contributed by atoms with Gasteiger partial charge < -0.3 is 20.3 Å². The Hall–Kier alpha value is -2.27. The minimum absolute atomic E-state index is 0.532. The van der Waals surface area contributed by atoms with Crippen molar-refractivity contribution in [1.82, 2.24) is 0 Å². The Morgan fingerprint density at radius 3 is 2.36 bits per heavy atom. The summed E-state index contributed by atoms with van der Waals surface area (Å²) in [4.78, 5) is 2.05. The van der Waals surface area contributed by atoms with Crippen LogP contribution in [0.25, 0.3) is 0 Å². The summed E-state index contributed by atoms with van der Waals surface area (Å²) >= 11 is 5.36. The van der Waals surface area contributed by atoms with E-state index in [0.717, 1.165) is 22.8 Å². The van der Waals surface area contributed by atoms with Crippen molar-refractivity contribution in [3.8, 4) is 5.75 Å². The number of nitrogens with one attached hydrogen (secondary N) is 2. The Kier molecular flexibility index (Phi) is 5.61. The summed E-state index contributed by atoms with van der Waals surface area (Å²) in [7, 11) is 4.03. The molecule has 2 aromatic carbocycles. The zero-order valence-electron chi connectivity index (χ0n) is 13.1. The minimum atomic E-state index is 0.532. The number of benzene rings is 2. The van der Waals surface area contributed by atoms with Crippen LogP contribution in [0.15, 0.2) is 48.5 Å². The SMILES string of the molecule is CCOc1ccccc1NC(=S)Nc1ccc(N(C)C)cc1. The van der Waals surface area contributed by atoms with Crippen LogP contribution in [0.1, 0.15) is 6.92 Å². The molecule has 4 nitrogen and oxygen atoms in total. The molecule has 2 aromatic rings. The van der Waals surface area contributed by atoms with Gasteiger partial charge in [-0.2, -0.15) is 0 Å². The molecule has 0 fully saturated rings. The van der Waals surface area contributed by atoms with Gasteiger partial charge in [0.15, 0.2) is 5.11 Å². The lowest BCUT2D eigenvalue weighted by atomic mass is 10.2. The average Bonchev–Trinajstić information content (AvgIpc) is 2.50. The highest BCUT2D eigenvalue weighted by Crippen LogP contribution is 2.24. The van der Waals surface area contributed by atoms with E-state index in [1.807, 2.05) is 69.6 Å². The summed E-state index contributed by atoms with van der Waals surface area (Å²) in [6.07, 6.45) is 0. The van der Waals surface area contributed by atoms with E-state index in [2.05, 4.69) is 15.5 Å². The van der Waals surface area contributed by atoms with Crippen LogP contribution in [-0.2, 0) is 0 Å².